The van der Waals surface area contributed by atoms with Crippen LogP contribution in [0.3, 0.4) is 0 Å². The number of ketones is 1. The molecule has 0 bridgehead atoms. The van der Waals surface area contributed by atoms with Crippen molar-refractivity contribution in [1.82, 2.24) is 0 Å². The summed E-state index contributed by atoms with van der Waals surface area (Å²) in [5.41, 5.74) is 6.05. The molecule has 0 aliphatic heterocycles. The summed E-state index contributed by atoms with van der Waals surface area (Å²) in [6.45, 7) is 0.272. The van der Waals surface area contributed by atoms with Gasteiger partial charge in [0.25, 0.3) is 0 Å². The maximum atomic E-state index is 11.3. The van der Waals surface area contributed by atoms with Crippen LogP contribution in [0.4, 0.5) is 0 Å². The quantitative estimate of drug-likeness (QED) is 0.542. The third kappa shape index (κ3) is 6.12. The molecule has 2 N–H and O–H groups in total. The Balaban J connectivity index is 2.09. The van der Waals surface area contributed by atoms with Gasteiger partial charge in [0, 0.05) is 6.42 Å². The highest BCUT2D eigenvalue weighted by atomic mass is 16.6. The molecule has 0 aliphatic carbocycles. The lowest BCUT2D eigenvalue weighted by atomic mass is 10.2. The van der Waals surface area contributed by atoms with Crippen molar-refractivity contribution in [1.29, 1.82) is 0 Å². The Kier molecular flexibility index (Phi) is 6.68. The summed E-state index contributed by atoms with van der Waals surface area (Å²) in [4.78, 5) is 22.1. The highest BCUT2D eigenvalue weighted by Gasteiger charge is 2.04. The van der Waals surface area contributed by atoms with E-state index in [4.69, 9.17) is 15.2 Å². The largest absolute Gasteiger partial charge is 0.459 e. The molecule has 0 saturated heterocycles. The molecule has 0 atom stereocenters. The molecule has 1 aromatic carbocycles. The lowest BCUT2D eigenvalue weighted by Crippen LogP contribution is -2.18. The molecule has 0 radical (unpaired) electrons. The standard InChI is InChI=1S/C13H17NO4/c14-8-12(15)6-7-17-10-13(16)18-9-11-4-2-1-3-5-11/h1-5H,6-10,14H2. The van der Waals surface area contributed by atoms with Gasteiger partial charge in [0.1, 0.15) is 19.0 Å². The van der Waals surface area contributed by atoms with E-state index in [9.17, 15) is 9.59 Å². The minimum Gasteiger partial charge on any atom is -0.459 e. The minimum absolute atomic E-state index is 0.00180. The van der Waals surface area contributed by atoms with Crippen LogP contribution in [0.5, 0.6) is 0 Å². The number of rotatable bonds is 8. The van der Waals surface area contributed by atoms with Crippen LogP contribution in [0.15, 0.2) is 30.3 Å². The summed E-state index contributed by atoms with van der Waals surface area (Å²) in [6.07, 6.45) is 0.225. The van der Waals surface area contributed by atoms with Crippen molar-refractivity contribution >= 4 is 11.8 Å². The fourth-order valence-corrected chi connectivity index (χ4v) is 1.22. The molecule has 0 saturated carbocycles. The van der Waals surface area contributed by atoms with Crippen LogP contribution in [0.25, 0.3) is 0 Å². The second-order valence-electron chi connectivity index (χ2n) is 3.69. The van der Waals surface area contributed by atoms with Crippen molar-refractivity contribution in [3.63, 3.8) is 0 Å². The van der Waals surface area contributed by atoms with Crippen LogP contribution in [-0.2, 0) is 25.7 Å². The SMILES string of the molecule is NCC(=O)CCOCC(=O)OCc1ccccc1. The van der Waals surface area contributed by atoms with E-state index in [1.807, 2.05) is 30.3 Å². The fourth-order valence-electron chi connectivity index (χ4n) is 1.22. The monoisotopic (exact) mass is 251 g/mol. The number of esters is 1. The lowest BCUT2D eigenvalue weighted by Gasteiger charge is -2.05. The van der Waals surface area contributed by atoms with Gasteiger partial charge in [-0.15, -0.1) is 0 Å². The van der Waals surface area contributed by atoms with Gasteiger partial charge in [-0.25, -0.2) is 4.79 Å². The van der Waals surface area contributed by atoms with Gasteiger partial charge in [-0.3, -0.25) is 4.79 Å². The number of hydrogen-bond acceptors (Lipinski definition) is 5. The first-order valence-electron chi connectivity index (χ1n) is 5.71. The first-order chi connectivity index (χ1) is 8.72. The van der Waals surface area contributed by atoms with Crippen molar-refractivity contribution in [3.8, 4) is 0 Å². The van der Waals surface area contributed by atoms with Gasteiger partial charge in [0.2, 0.25) is 0 Å². The molecule has 1 rings (SSSR count). The number of benzene rings is 1. The van der Waals surface area contributed by atoms with Gasteiger partial charge in [-0.2, -0.15) is 0 Å². The average molecular weight is 251 g/mol. The molecule has 1 aromatic rings. The van der Waals surface area contributed by atoms with Crippen LogP contribution in [0.2, 0.25) is 0 Å². The molecular formula is C13H17NO4. The maximum absolute atomic E-state index is 11.3. The average Bonchev–Trinajstić information content (AvgIpc) is 2.42. The lowest BCUT2D eigenvalue weighted by molar-refractivity contribution is -0.150. The summed E-state index contributed by atoms with van der Waals surface area (Å²) >= 11 is 0. The molecule has 98 valence electrons. The van der Waals surface area contributed by atoms with E-state index >= 15 is 0 Å². The smallest absolute Gasteiger partial charge is 0.332 e. The number of hydrogen-bond donors (Lipinski definition) is 1. The third-order valence-electron chi connectivity index (χ3n) is 2.22. The minimum atomic E-state index is -0.445. The fraction of sp³-hybridized carbons (Fsp3) is 0.385. The van der Waals surface area contributed by atoms with Gasteiger partial charge in [0.05, 0.1) is 13.2 Å². The zero-order valence-electron chi connectivity index (χ0n) is 10.1. The predicted molar refractivity (Wildman–Crippen MR) is 65.7 cm³/mol. The van der Waals surface area contributed by atoms with E-state index in [2.05, 4.69) is 0 Å². The zero-order chi connectivity index (χ0) is 13.2. The number of ether oxygens (including phenoxy) is 2. The molecule has 5 nitrogen and oxygen atoms in total. The predicted octanol–water partition coefficient (Wildman–Crippen LogP) is 0.664. The first kappa shape index (κ1) is 14.3. The van der Waals surface area contributed by atoms with E-state index in [1.165, 1.54) is 0 Å². The van der Waals surface area contributed by atoms with E-state index in [1.54, 1.807) is 0 Å². The molecule has 18 heavy (non-hydrogen) atoms. The highest BCUT2D eigenvalue weighted by molar-refractivity contribution is 5.80. The molecule has 0 unspecified atom stereocenters. The Labute approximate surface area is 106 Å². The van der Waals surface area contributed by atoms with Gasteiger partial charge >= 0.3 is 5.97 Å². The van der Waals surface area contributed by atoms with Crippen LogP contribution in [-0.4, -0.2) is 31.5 Å². The van der Waals surface area contributed by atoms with Crippen LogP contribution >= 0.6 is 0 Å². The van der Waals surface area contributed by atoms with E-state index in [0.29, 0.717) is 0 Å². The molecule has 0 fully saturated rings. The molecule has 0 aliphatic rings. The van der Waals surface area contributed by atoms with Crippen molar-refractivity contribution in [2.45, 2.75) is 13.0 Å². The number of nitrogens with two attached hydrogens (primary N) is 1. The Morgan fingerprint density at radius 2 is 1.89 bits per heavy atom. The van der Waals surface area contributed by atoms with Gasteiger partial charge in [-0.1, -0.05) is 30.3 Å². The third-order valence-corrected chi connectivity index (χ3v) is 2.22. The Morgan fingerprint density at radius 1 is 1.17 bits per heavy atom. The Bertz CT molecular complexity index is 378. The first-order valence-corrected chi connectivity index (χ1v) is 5.71. The van der Waals surface area contributed by atoms with Crippen LogP contribution in [0.1, 0.15) is 12.0 Å². The normalized spacial score (nSPS) is 10.1. The van der Waals surface area contributed by atoms with Crippen molar-refractivity contribution < 1.29 is 19.1 Å². The highest BCUT2D eigenvalue weighted by Crippen LogP contribution is 2.00. The summed E-state index contributed by atoms with van der Waals surface area (Å²) in [7, 11) is 0. The topological polar surface area (TPSA) is 78.6 Å². The van der Waals surface area contributed by atoms with Gasteiger partial charge < -0.3 is 15.2 Å². The Hall–Kier alpha value is -1.72. The van der Waals surface area contributed by atoms with Crippen LogP contribution < -0.4 is 5.73 Å². The Morgan fingerprint density at radius 3 is 2.56 bits per heavy atom. The maximum Gasteiger partial charge on any atom is 0.332 e. The van der Waals surface area contributed by atoms with Crippen molar-refractivity contribution in [3.05, 3.63) is 35.9 Å². The van der Waals surface area contributed by atoms with E-state index in [0.717, 1.165) is 5.56 Å². The molecular weight excluding hydrogens is 234 g/mol. The molecule has 0 spiro atoms. The summed E-state index contributed by atoms with van der Waals surface area (Å²) in [5.74, 6) is -0.535. The summed E-state index contributed by atoms with van der Waals surface area (Å²) in [5, 5.41) is 0. The molecule has 5 heteroatoms. The second-order valence-corrected chi connectivity index (χ2v) is 3.69. The van der Waals surface area contributed by atoms with Crippen LogP contribution in [0, 0.1) is 0 Å². The molecule has 0 heterocycles. The second kappa shape index (κ2) is 8.38. The molecule has 0 aromatic heterocycles. The van der Waals surface area contributed by atoms with E-state index in [-0.39, 0.29) is 38.6 Å². The number of Topliss-reactive ketones (excluding diaryl/α,β-unsaturated/α-hetero) is 1. The van der Waals surface area contributed by atoms with Crippen molar-refractivity contribution in [2.24, 2.45) is 5.73 Å². The van der Waals surface area contributed by atoms with E-state index < -0.39 is 5.97 Å². The van der Waals surface area contributed by atoms with Gasteiger partial charge in [-0.05, 0) is 5.56 Å². The van der Waals surface area contributed by atoms with Gasteiger partial charge in [0.15, 0.2) is 0 Å². The summed E-state index contributed by atoms with van der Waals surface area (Å²) < 4.78 is 9.99. The molecule has 0 amide bonds. The number of carbonyl (C=O) groups excluding carboxylic acids is 2. The number of carbonyl (C=O) groups is 2. The van der Waals surface area contributed by atoms with Crippen molar-refractivity contribution in [2.75, 3.05) is 19.8 Å². The summed E-state index contributed by atoms with van der Waals surface area (Å²) in [6, 6.07) is 9.38. The zero-order valence-corrected chi connectivity index (χ0v) is 10.1.